The number of amides is 2. The van der Waals surface area contributed by atoms with Crippen molar-refractivity contribution in [3.05, 3.63) is 47.8 Å². The molecule has 10 heteroatoms. The molecule has 162 valence electrons. The molecular weight excluding hydrogens is 406 g/mol. The maximum atomic E-state index is 13.6. The standard InChI is InChI=1S/C21H22F2N6O2/c1-13(30)27-19-11-20(25-12-24-19)28-6-3-14(4-7-28)21(31)29-18(2-5-26-29)15-8-16(22)10-17(23)9-15/h5,8-12,14,18H,2-4,6-7H2,1H3,(H,24,25,27,30)/t18-/m0/s1. The van der Waals surface area contributed by atoms with Gasteiger partial charge >= 0.3 is 0 Å². The molecule has 0 radical (unpaired) electrons. The molecule has 0 bridgehead atoms. The van der Waals surface area contributed by atoms with Gasteiger partial charge in [-0.1, -0.05) is 0 Å². The van der Waals surface area contributed by atoms with Crippen molar-refractivity contribution < 1.29 is 18.4 Å². The van der Waals surface area contributed by atoms with Crippen LogP contribution in [0.5, 0.6) is 0 Å². The highest BCUT2D eigenvalue weighted by molar-refractivity contribution is 5.88. The zero-order chi connectivity index (χ0) is 22.0. The summed E-state index contributed by atoms with van der Waals surface area (Å²) >= 11 is 0. The lowest BCUT2D eigenvalue weighted by atomic mass is 9.94. The number of anilines is 2. The Morgan fingerprint density at radius 2 is 1.77 bits per heavy atom. The Bertz CT molecular complexity index is 1000. The number of nitrogens with one attached hydrogen (secondary N) is 1. The molecular formula is C21H22F2N6O2. The minimum absolute atomic E-state index is 0.148. The van der Waals surface area contributed by atoms with Gasteiger partial charge in [-0.15, -0.1) is 0 Å². The third-order valence-electron chi connectivity index (χ3n) is 5.45. The Hall–Kier alpha value is -3.43. The van der Waals surface area contributed by atoms with Crippen LogP contribution in [-0.2, 0) is 9.59 Å². The summed E-state index contributed by atoms with van der Waals surface area (Å²) < 4.78 is 27.3. The van der Waals surface area contributed by atoms with E-state index in [-0.39, 0.29) is 17.7 Å². The van der Waals surface area contributed by atoms with Gasteiger partial charge in [0.05, 0.1) is 6.04 Å². The van der Waals surface area contributed by atoms with Crippen LogP contribution in [0.2, 0.25) is 0 Å². The number of carbonyl (C=O) groups excluding carboxylic acids is 2. The molecule has 4 rings (SSSR count). The molecule has 2 aromatic rings. The van der Waals surface area contributed by atoms with Crippen LogP contribution in [-0.4, -0.2) is 46.1 Å². The molecule has 0 aliphatic carbocycles. The first-order chi connectivity index (χ1) is 14.9. The van der Waals surface area contributed by atoms with E-state index in [4.69, 9.17) is 0 Å². The summed E-state index contributed by atoms with van der Waals surface area (Å²) in [6.07, 6.45) is 4.59. The van der Waals surface area contributed by atoms with E-state index in [0.717, 1.165) is 6.07 Å². The topological polar surface area (TPSA) is 90.8 Å². The van der Waals surface area contributed by atoms with E-state index in [2.05, 4.69) is 20.4 Å². The summed E-state index contributed by atoms with van der Waals surface area (Å²) in [6, 6.07) is 4.49. The van der Waals surface area contributed by atoms with E-state index in [0.29, 0.717) is 49.6 Å². The molecule has 1 aromatic heterocycles. The fourth-order valence-electron chi connectivity index (χ4n) is 3.98. The highest BCUT2D eigenvalue weighted by atomic mass is 19.1. The van der Waals surface area contributed by atoms with Crippen LogP contribution >= 0.6 is 0 Å². The molecule has 0 unspecified atom stereocenters. The Kier molecular flexibility index (Phi) is 5.88. The van der Waals surface area contributed by atoms with Crippen LogP contribution in [0.4, 0.5) is 20.4 Å². The molecule has 2 amide bonds. The molecule has 1 fully saturated rings. The Labute approximate surface area is 178 Å². The molecule has 0 spiro atoms. The lowest BCUT2D eigenvalue weighted by Gasteiger charge is -2.34. The molecule has 0 saturated carbocycles. The quantitative estimate of drug-likeness (QED) is 0.809. The fraction of sp³-hybridized carbons (Fsp3) is 0.381. The Balaban J connectivity index is 1.41. The van der Waals surface area contributed by atoms with E-state index in [9.17, 15) is 18.4 Å². The first-order valence-electron chi connectivity index (χ1n) is 10.1. The van der Waals surface area contributed by atoms with E-state index in [1.807, 2.05) is 4.90 Å². The summed E-state index contributed by atoms with van der Waals surface area (Å²) in [5, 5.41) is 8.17. The third-order valence-corrected chi connectivity index (χ3v) is 5.45. The Morgan fingerprint density at radius 3 is 2.45 bits per heavy atom. The number of carbonyl (C=O) groups is 2. The maximum absolute atomic E-state index is 13.6. The van der Waals surface area contributed by atoms with Crippen molar-refractivity contribution in [3.63, 3.8) is 0 Å². The molecule has 8 nitrogen and oxygen atoms in total. The number of halogens is 2. The molecule has 2 aliphatic heterocycles. The smallest absolute Gasteiger partial charge is 0.246 e. The molecule has 1 atom stereocenters. The van der Waals surface area contributed by atoms with E-state index in [1.54, 1.807) is 12.3 Å². The number of aromatic nitrogens is 2. The second kappa shape index (κ2) is 8.75. The minimum Gasteiger partial charge on any atom is -0.356 e. The maximum Gasteiger partial charge on any atom is 0.246 e. The van der Waals surface area contributed by atoms with Crippen LogP contribution in [0.25, 0.3) is 0 Å². The van der Waals surface area contributed by atoms with Crippen molar-refractivity contribution in [3.8, 4) is 0 Å². The lowest BCUT2D eigenvalue weighted by Crippen LogP contribution is -2.41. The lowest BCUT2D eigenvalue weighted by molar-refractivity contribution is -0.138. The van der Waals surface area contributed by atoms with Gasteiger partial charge in [-0.3, -0.25) is 9.59 Å². The zero-order valence-electron chi connectivity index (χ0n) is 17.0. The van der Waals surface area contributed by atoms with Crippen molar-refractivity contribution >= 4 is 29.7 Å². The first kappa shape index (κ1) is 20.8. The van der Waals surface area contributed by atoms with E-state index >= 15 is 0 Å². The number of rotatable bonds is 4. The van der Waals surface area contributed by atoms with Crippen molar-refractivity contribution in [2.45, 2.75) is 32.2 Å². The average Bonchev–Trinajstić information content (AvgIpc) is 3.22. The highest BCUT2D eigenvalue weighted by Gasteiger charge is 2.35. The van der Waals surface area contributed by atoms with Gasteiger partial charge in [0.25, 0.3) is 0 Å². The molecule has 1 aromatic carbocycles. The highest BCUT2D eigenvalue weighted by Crippen LogP contribution is 2.33. The van der Waals surface area contributed by atoms with Crippen molar-refractivity contribution in [2.75, 3.05) is 23.3 Å². The summed E-state index contributed by atoms with van der Waals surface area (Å²) in [5.74, 6) is -0.858. The predicted octanol–water partition coefficient (Wildman–Crippen LogP) is 2.89. The fourth-order valence-corrected chi connectivity index (χ4v) is 3.98. The largest absolute Gasteiger partial charge is 0.356 e. The van der Waals surface area contributed by atoms with Gasteiger partial charge in [0, 0.05) is 50.7 Å². The van der Waals surface area contributed by atoms with E-state index in [1.165, 1.54) is 30.4 Å². The van der Waals surface area contributed by atoms with Crippen LogP contribution in [0.1, 0.15) is 37.8 Å². The number of piperidine rings is 1. The number of hydrazone groups is 1. The van der Waals surface area contributed by atoms with Crippen LogP contribution in [0.3, 0.4) is 0 Å². The van der Waals surface area contributed by atoms with E-state index < -0.39 is 17.7 Å². The van der Waals surface area contributed by atoms with Crippen molar-refractivity contribution in [1.82, 2.24) is 15.0 Å². The van der Waals surface area contributed by atoms with Crippen molar-refractivity contribution in [2.24, 2.45) is 11.0 Å². The number of nitrogens with zero attached hydrogens (tertiary/aromatic N) is 5. The van der Waals surface area contributed by atoms with Crippen molar-refractivity contribution in [1.29, 1.82) is 0 Å². The van der Waals surface area contributed by atoms with Gasteiger partial charge in [-0.05, 0) is 30.5 Å². The van der Waals surface area contributed by atoms with Crippen LogP contribution in [0, 0.1) is 17.6 Å². The summed E-state index contributed by atoms with van der Waals surface area (Å²) in [6.45, 7) is 2.61. The molecule has 1 N–H and O–H groups in total. The number of hydrogen-bond donors (Lipinski definition) is 1. The first-order valence-corrected chi connectivity index (χ1v) is 10.1. The van der Waals surface area contributed by atoms with Gasteiger partial charge in [-0.2, -0.15) is 5.10 Å². The SMILES string of the molecule is CC(=O)Nc1cc(N2CCC(C(=O)N3N=CC[C@H]3c3cc(F)cc(F)c3)CC2)ncn1. The normalized spacial score (nSPS) is 19.0. The molecule has 31 heavy (non-hydrogen) atoms. The number of hydrogen-bond acceptors (Lipinski definition) is 6. The monoisotopic (exact) mass is 428 g/mol. The minimum atomic E-state index is -0.675. The summed E-state index contributed by atoms with van der Waals surface area (Å²) in [7, 11) is 0. The zero-order valence-corrected chi connectivity index (χ0v) is 17.0. The van der Waals surface area contributed by atoms with Gasteiger partial charge in [0.2, 0.25) is 11.8 Å². The summed E-state index contributed by atoms with van der Waals surface area (Å²) in [5.41, 5.74) is 0.396. The average molecular weight is 428 g/mol. The van der Waals surface area contributed by atoms with Gasteiger partial charge in [0.1, 0.15) is 29.6 Å². The molecule has 3 heterocycles. The number of benzene rings is 1. The second-order valence-electron chi connectivity index (χ2n) is 7.64. The predicted molar refractivity (Wildman–Crippen MR) is 110 cm³/mol. The van der Waals surface area contributed by atoms with Gasteiger partial charge in [-0.25, -0.2) is 23.8 Å². The molecule has 1 saturated heterocycles. The van der Waals surface area contributed by atoms with Crippen LogP contribution in [0.15, 0.2) is 35.7 Å². The molecule has 2 aliphatic rings. The second-order valence-corrected chi connectivity index (χ2v) is 7.64. The van der Waals surface area contributed by atoms with Crippen LogP contribution < -0.4 is 10.2 Å². The van der Waals surface area contributed by atoms with Gasteiger partial charge in [0.15, 0.2) is 0 Å². The Morgan fingerprint density at radius 1 is 1.06 bits per heavy atom. The van der Waals surface area contributed by atoms with Gasteiger partial charge < -0.3 is 10.2 Å². The third kappa shape index (κ3) is 4.68. The summed E-state index contributed by atoms with van der Waals surface area (Å²) in [4.78, 5) is 34.6.